The van der Waals surface area contributed by atoms with Crippen molar-refractivity contribution in [2.24, 2.45) is 5.92 Å². The average Bonchev–Trinajstić information content (AvgIpc) is 3.28. The molecule has 0 saturated carbocycles. The molecule has 3 aromatic rings. The third-order valence-electron chi connectivity index (χ3n) is 6.52. The van der Waals surface area contributed by atoms with Crippen LogP contribution in [-0.2, 0) is 21.4 Å². The molecule has 1 aliphatic rings. The van der Waals surface area contributed by atoms with Crippen molar-refractivity contribution in [1.29, 1.82) is 0 Å². The SMILES string of the molecule is Cc1ccc(/C=C/c2onc(C)c2S(=O)(=O)N2CCC(C(=O)NCc3ccc(OC(C)C)cc3)CC2)cc1. The number of aryl methyl sites for hydroxylation is 2. The van der Waals surface area contributed by atoms with Gasteiger partial charge in [0.15, 0.2) is 10.7 Å². The van der Waals surface area contributed by atoms with Crippen LogP contribution in [0.4, 0.5) is 0 Å². The smallest absolute Gasteiger partial charge is 0.248 e. The van der Waals surface area contributed by atoms with Gasteiger partial charge in [-0.3, -0.25) is 4.79 Å². The number of hydrogen-bond acceptors (Lipinski definition) is 6. The fourth-order valence-corrected chi connectivity index (χ4v) is 6.15. The number of benzene rings is 2. The topological polar surface area (TPSA) is 102 Å². The van der Waals surface area contributed by atoms with Crippen molar-refractivity contribution in [3.63, 3.8) is 0 Å². The zero-order valence-electron chi connectivity index (χ0n) is 22.3. The number of rotatable bonds is 9. The predicted octanol–water partition coefficient (Wildman–Crippen LogP) is 4.97. The molecule has 1 fully saturated rings. The Morgan fingerprint density at radius 2 is 1.74 bits per heavy atom. The van der Waals surface area contributed by atoms with Gasteiger partial charge in [0, 0.05) is 25.6 Å². The van der Waals surface area contributed by atoms with Gasteiger partial charge in [-0.2, -0.15) is 4.31 Å². The Morgan fingerprint density at radius 1 is 1.08 bits per heavy atom. The molecule has 0 aliphatic carbocycles. The van der Waals surface area contributed by atoms with Gasteiger partial charge in [0.2, 0.25) is 15.9 Å². The van der Waals surface area contributed by atoms with Crippen molar-refractivity contribution >= 4 is 28.1 Å². The summed E-state index contributed by atoms with van der Waals surface area (Å²) >= 11 is 0. The van der Waals surface area contributed by atoms with E-state index < -0.39 is 10.0 Å². The Hall–Kier alpha value is -3.43. The highest BCUT2D eigenvalue weighted by molar-refractivity contribution is 7.89. The van der Waals surface area contributed by atoms with Crippen molar-refractivity contribution in [1.82, 2.24) is 14.8 Å². The number of carbonyl (C=O) groups excluding carboxylic acids is 1. The summed E-state index contributed by atoms with van der Waals surface area (Å²) in [7, 11) is -3.83. The van der Waals surface area contributed by atoms with Crippen LogP contribution in [0.5, 0.6) is 5.75 Å². The zero-order valence-corrected chi connectivity index (χ0v) is 23.1. The lowest BCUT2D eigenvalue weighted by molar-refractivity contribution is -0.126. The van der Waals surface area contributed by atoms with E-state index in [0.29, 0.717) is 25.1 Å². The lowest BCUT2D eigenvalue weighted by Gasteiger charge is -2.30. The fourth-order valence-electron chi connectivity index (χ4n) is 4.43. The van der Waals surface area contributed by atoms with Gasteiger partial charge < -0.3 is 14.6 Å². The largest absolute Gasteiger partial charge is 0.491 e. The van der Waals surface area contributed by atoms with Crippen molar-refractivity contribution in [2.75, 3.05) is 13.1 Å². The molecule has 1 aromatic heterocycles. The minimum Gasteiger partial charge on any atom is -0.491 e. The molecule has 8 nitrogen and oxygen atoms in total. The first-order valence-corrected chi connectivity index (χ1v) is 14.3. The first kappa shape index (κ1) is 27.6. The molecule has 1 saturated heterocycles. The van der Waals surface area contributed by atoms with E-state index in [-0.39, 0.29) is 41.7 Å². The third-order valence-corrected chi connectivity index (χ3v) is 8.58. The van der Waals surface area contributed by atoms with E-state index >= 15 is 0 Å². The Labute approximate surface area is 224 Å². The van der Waals surface area contributed by atoms with Crippen molar-refractivity contribution < 1.29 is 22.5 Å². The highest BCUT2D eigenvalue weighted by Crippen LogP contribution is 2.29. The van der Waals surface area contributed by atoms with Gasteiger partial charge in [0.1, 0.15) is 11.4 Å². The summed E-state index contributed by atoms with van der Waals surface area (Å²) in [4.78, 5) is 12.9. The van der Waals surface area contributed by atoms with Gasteiger partial charge in [-0.05, 0) is 69.9 Å². The summed E-state index contributed by atoms with van der Waals surface area (Å²) in [5, 5.41) is 6.90. The lowest BCUT2D eigenvalue weighted by atomic mass is 9.97. The molecule has 9 heteroatoms. The number of aromatic nitrogens is 1. The Morgan fingerprint density at radius 3 is 2.37 bits per heavy atom. The molecule has 202 valence electrons. The van der Waals surface area contributed by atoms with Gasteiger partial charge in [-0.15, -0.1) is 0 Å². The van der Waals surface area contributed by atoms with Gasteiger partial charge in [-0.25, -0.2) is 8.42 Å². The maximum Gasteiger partial charge on any atom is 0.248 e. The van der Waals surface area contributed by atoms with Crippen LogP contribution in [0.25, 0.3) is 12.2 Å². The molecule has 1 N–H and O–H groups in total. The van der Waals surface area contributed by atoms with E-state index in [2.05, 4.69) is 10.5 Å². The summed E-state index contributed by atoms with van der Waals surface area (Å²) in [6.07, 6.45) is 4.45. The van der Waals surface area contributed by atoms with Crippen LogP contribution >= 0.6 is 0 Å². The van der Waals surface area contributed by atoms with Crippen molar-refractivity contribution in [3.05, 3.63) is 76.7 Å². The molecule has 2 heterocycles. The number of nitrogens with one attached hydrogen (secondary N) is 1. The second-order valence-electron chi connectivity index (χ2n) is 9.91. The fraction of sp³-hybridized carbons (Fsp3) is 0.379. The quantitative estimate of drug-likeness (QED) is 0.414. The number of piperidine rings is 1. The van der Waals surface area contributed by atoms with E-state index in [1.807, 2.05) is 69.3 Å². The summed E-state index contributed by atoms with van der Waals surface area (Å²) < 4.78 is 39.5. The van der Waals surface area contributed by atoms with Crippen LogP contribution in [0.1, 0.15) is 54.8 Å². The maximum atomic E-state index is 13.5. The third kappa shape index (κ3) is 6.71. The summed E-state index contributed by atoms with van der Waals surface area (Å²) in [6, 6.07) is 15.5. The van der Waals surface area contributed by atoms with E-state index in [1.165, 1.54) is 4.31 Å². The standard InChI is InChI=1S/C29H35N3O5S/c1-20(2)36-26-12-9-24(10-13-26)19-30-29(33)25-15-17-32(18-16-25)38(34,35)28-22(4)31-37-27(28)14-11-23-7-5-21(3)6-8-23/h5-14,20,25H,15-19H2,1-4H3,(H,30,33)/b14-11+. The lowest BCUT2D eigenvalue weighted by Crippen LogP contribution is -2.43. The van der Waals surface area contributed by atoms with Crippen LogP contribution in [0.3, 0.4) is 0 Å². The average molecular weight is 538 g/mol. The number of carbonyl (C=O) groups is 1. The number of ether oxygens (including phenoxy) is 1. The zero-order chi connectivity index (χ0) is 27.3. The maximum absolute atomic E-state index is 13.5. The first-order valence-electron chi connectivity index (χ1n) is 12.9. The molecule has 2 aromatic carbocycles. The first-order chi connectivity index (χ1) is 18.1. The summed E-state index contributed by atoms with van der Waals surface area (Å²) in [5.74, 6) is 0.690. The van der Waals surface area contributed by atoms with E-state index in [1.54, 1.807) is 19.1 Å². The van der Waals surface area contributed by atoms with Crippen LogP contribution in [0, 0.1) is 19.8 Å². The van der Waals surface area contributed by atoms with Gasteiger partial charge >= 0.3 is 0 Å². The second-order valence-corrected chi connectivity index (χ2v) is 11.8. The highest BCUT2D eigenvalue weighted by atomic mass is 32.2. The highest BCUT2D eigenvalue weighted by Gasteiger charge is 2.35. The number of hydrogen-bond donors (Lipinski definition) is 1. The molecule has 1 aliphatic heterocycles. The Bertz CT molecular complexity index is 1370. The Balaban J connectivity index is 1.35. The molecular formula is C29H35N3O5S. The number of nitrogens with zero attached hydrogens (tertiary/aromatic N) is 2. The van der Waals surface area contributed by atoms with Gasteiger partial charge in [0.05, 0.1) is 6.10 Å². The molecule has 0 spiro atoms. The number of amides is 1. The van der Waals surface area contributed by atoms with Gasteiger partial charge in [0.25, 0.3) is 0 Å². The summed E-state index contributed by atoms with van der Waals surface area (Å²) in [6.45, 7) is 8.51. The van der Waals surface area contributed by atoms with E-state index in [0.717, 1.165) is 22.4 Å². The molecule has 0 unspecified atom stereocenters. The molecule has 0 atom stereocenters. The molecule has 4 rings (SSSR count). The summed E-state index contributed by atoms with van der Waals surface area (Å²) in [5.41, 5.74) is 3.37. The van der Waals surface area contributed by atoms with Gasteiger partial charge in [-0.1, -0.05) is 53.2 Å². The predicted molar refractivity (Wildman–Crippen MR) is 147 cm³/mol. The van der Waals surface area contributed by atoms with Crippen LogP contribution < -0.4 is 10.1 Å². The second kappa shape index (κ2) is 12.0. The van der Waals surface area contributed by atoms with Crippen LogP contribution in [-0.4, -0.2) is 43.0 Å². The van der Waals surface area contributed by atoms with Crippen molar-refractivity contribution in [3.8, 4) is 5.75 Å². The van der Waals surface area contributed by atoms with Crippen LogP contribution in [0.15, 0.2) is 57.9 Å². The van der Waals surface area contributed by atoms with E-state index in [4.69, 9.17) is 9.26 Å². The van der Waals surface area contributed by atoms with Crippen LogP contribution in [0.2, 0.25) is 0 Å². The molecule has 0 radical (unpaired) electrons. The number of sulfonamides is 1. The minimum absolute atomic E-state index is 0.0626. The van der Waals surface area contributed by atoms with Crippen molar-refractivity contribution in [2.45, 2.75) is 58.1 Å². The minimum atomic E-state index is -3.83. The normalized spacial score (nSPS) is 15.3. The molecule has 0 bridgehead atoms. The van der Waals surface area contributed by atoms with E-state index in [9.17, 15) is 13.2 Å². The molecule has 1 amide bonds. The Kier molecular flexibility index (Phi) is 8.69. The molecule has 38 heavy (non-hydrogen) atoms. The monoisotopic (exact) mass is 537 g/mol. The molecular weight excluding hydrogens is 502 g/mol.